The van der Waals surface area contributed by atoms with E-state index in [2.05, 4.69) is 18.7 Å². The molecular weight excluding hydrogens is 260 g/mol. The number of hydrogen-bond donors (Lipinski definition) is 2. The van der Waals surface area contributed by atoms with Crippen LogP contribution in [-0.4, -0.2) is 21.4 Å². The van der Waals surface area contributed by atoms with Crippen LogP contribution in [0.4, 0.5) is 0 Å². The molecule has 0 unspecified atom stereocenters. The molecule has 0 aromatic heterocycles. The topological polar surface area (TPSA) is 40.5 Å². The van der Waals surface area contributed by atoms with Gasteiger partial charge in [0.25, 0.3) is 0 Å². The minimum absolute atomic E-state index is 0.0531. The van der Waals surface area contributed by atoms with Crippen molar-refractivity contribution in [2.75, 3.05) is 0 Å². The maximum absolute atomic E-state index is 11.4. The van der Waals surface area contributed by atoms with Gasteiger partial charge in [0, 0.05) is 0 Å². The van der Waals surface area contributed by atoms with Gasteiger partial charge in [-0.3, -0.25) is 0 Å². The lowest BCUT2D eigenvalue weighted by atomic mass is 9.72. The van der Waals surface area contributed by atoms with E-state index in [9.17, 15) is 10.2 Å². The van der Waals surface area contributed by atoms with Crippen LogP contribution in [0, 0.1) is 11.8 Å². The normalized spacial score (nSPS) is 39.9. The number of aliphatic hydroxyl groups is 2. The molecule has 2 aliphatic rings. The molecule has 2 fully saturated rings. The summed E-state index contributed by atoms with van der Waals surface area (Å²) >= 11 is 0. The van der Waals surface area contributed by atoms with Crippen LogP contribution in [0.25, 0.3) is 0 Å². The molecule has 2 aliphatic carbocycles. The summed E-state index contributed by atoms with van der Waals surface area (Å²) in [5.41, 5.74) is 0.731. The highest BCUT2D eigenvalue weighted by Gasteiger charge is 2.53. The van der Waals surface area contributed by atoms with E-state index in [4.69, 9.17) is 0 Å². The van der Waals surface area contributed by atoms with Gasteiger partial charge in [-0.2, -0.15) is 0 Å². The van der Waals surface area contributed by atoms with E-state index in [1.807, 2.05) is 25.1 Å². The molecule has 0 amide bonds. The third kappa shape index (κ3) is 2.67. The predicted octanol–water partition coefficient (Wildman–Crippen LogP) is 3.48. The zero-order valence-electron chi connectivity index (χ0n) is 12.9. The molecule has 4 atom stereocenters. The molecule has 21 heavy (non-hydrogen) atoms. The smallest absolute Gasteiger partial charge is 0.0914 e. The van der Waals surface area contributed by atoms with Crippen LogP contribution < -0.4 is 0 Å². The van der Waals surface area contributed by atoms with Gasteiger partial charge in [0.2, 0.25) is 0 Å². The van der Waals surface area contributed by atoms with Crippen LogP contribution in [0.2, 0.25) is 0 Å². The standard InChI is InChI=1S/C19H26O2/c1-14-8-9-16-10-11-18(2,20)13-17(19(14,16)21)12-15-6-4-3-5-7-15/h3-7,16-17,20-21H,1,8-13H2,2H3/t16-,17+,18-,19-/m0/s1. The second kappa shape index (κ2) is 5.26. The maximum Gasteiger partial charge on any atom is 0.0914 e. The first kappa shape index (κ1) is 14.8. The average Bonchev–Trinajstić information content (AvgIpc) is 2.69. The molecule has 1 aromatic rings. The molecular formula is C19H26O2. The Kier molecular flexibility index (Phi) is 3.71. The Morgan fingerprint density at radius 2 is 1.90 bits per heavy atom. The highest BCUT2D eigenvalue weighted by Crippen LogP contribution is 2.52. The Balaban J connectivity index is 1.94. The molecule has 3 rings (SSSR count). The van der Waals surface area contributed by atoms with Gasteiger partial charge in [-0.05, 0) is 68.4 Å². The summed E-state index contributed by atoms with van der Waals surface area (Å²) in [6.45, 7) is 6.07. The van der Waals surface area contributed by atoms with Gasteiger partial charge in [0.1, 0.15) is 0 Å². The number of benzene rings is 1. The summed E-state index contributed by atoms with van der Waals surface area (Å²) in [4.78, 5) is 0. The van der Waals surface area contributed by atoms with Gasteiger partial charge in [0.15, 0.2) is 0 Å². The van der Waals surface area contributed by atoms with Crippen LogP contribution in [-0.2, 0) is 6.42 Å². The summed E-state index contributed by atoms with van der Waals surface area (Å²) in [6, 6.07) is 10.3. The van der Waals surface area contributed by atoms with Crippen molar-refractivity contribution in [1.29, 1.82) is 0 Å². The summed E-state index contributed by atoms with van der Waals surface area (Å²) in [7, 11) is 0. The van der Waals surface area contributed by atoms with Crippen molar-refractivity contribution in [3.8, 4) is 0 Å². The van der Waals surface area contributed by atoms with Crippen molar-refractivity contribution < 1.29 is 10.2 Å². The highest BCUT2D eigenvalue weighted by atomic mass is 16.3. The van der Waals surface area contributed by atoms with E-state index in [0.717, 1.165) is 37.7 Å². The largest absolute Gasteiger partial charge is 0.390 e. The molecule has 2 heteroatoms. The van der Waals surface area contributed by atoms with Gasteiger partial charge in [-0.1, -0.05) is 36.9 Å². The molecule has 2 saturated carbocycles. The molecule has 0 heterocycles. The van der Waals surface area contributed by atoms with Gasteiger partial charge < -0.3 is 10.2 Å². The lowest BCUT2D eigenvalue weighted by Gasteiger charge is -2.38. The molecule has 0 spiro atoms. The van der Waals surface area contributed by atoms with Crippen LogP contribution >= 0.6 is 0 Å². The van der Waals surface area contributed by atoms with E-state index in [0.29, 0.717) is 6.42 Å². The van der Waals surface area contributed by atoms with Gasteiger partial charge in [-0.15, -0.1) is 0 Å². The maximum atomic E-state index is 11.4. The number of rotatable bonds is 2. The second-order valence-corrected chi connectivity index (χ2v) is 7.29. The molecule has 2 N–H and O–H groups in total. The number of fused-ring (bicyclic) bond motifs is 1. The van der Waals surface area contributed by atoms with Crippen molar-refractivity contribution in [2.45, 2.75) is 56.7 Å². The summed E-state index contributed by atoms with van der Waals surface area (Å²) < 4.78 is 0. The van der Waals surface area contributed by atoms with E-state index in [1.165, 1.54) is 5.56 Å². The van der Waals surface area contributed by atoms with Crippen molar-refractivity contribution >= 4 is 0 Å². The Morgan fingerprint density at radius 3 is 2.62 bits per heavy atom. The molecule has 2 nitrogen and oxygen atoms in total. The van der Waals surface area contributed by atoms with Crippen molar-refractivity contribution in [2.24, 2.45) is 11.8 Å². The fraction of sp³-hybridized carbons (Fsp3) is 0.579. The van der Waals surface area contributed by atoms with Crippen molar-refractivity contribution in [3.63, 3.8) is 0 Å². The zero-order valence-corrected chi connectivity index (χ0v) is 12.9. The van der Waals surface area contributed by atoms with Crippen molar-refractivity contribution in [1.82, 2.24) is 0 Å². The summed E-state index contributed by atoms with van der Waals surface area (Å²) in [5, 5.41) is 22.0. The Hall–Kier alpha value is -1.12. The van der Waals surface area contributed by atoms with Crippen LogP contribution in [0.3, 0.4) is 0 Å². The fourth-order valence-electron chi connectivity index (χ4n) is 4.44. The molecule has 0 saturated heterocycles. The third-order valence-corrected chi connectivity index (χ3v) is 5.65. The first-order chi connectivity index (χ1) is 9.92. The molecule has 114 valence electrons. The molecule has 0 radical (unpaired) electrons. The van der Waals surface area contributed by atoms with E-state index >= 15 is 0 Å². The number of hydrogen-bond acceptors (Lipinski definition) is 2. The summed E-state index contributed by atoms with van der Waals surface area (Å²) in [5.74, 6) is 0.310. The average molecular weight is 286 g/mol. The van der Waals surface area contributed by atoms with E-state index in [1.54, 1.807) is 0 Å². The molecule has 1 aromatic carbocycles. The van der Waals surface area contributed by atoms with Crippen LogP contribution in [0.1, 0.15) is 44.6 Å². The predicted molar refractivity (Wildman–Crippen MR) is 84.9 cm³/mol. The van der Waals surface area contributed by atoms with E-state index < -0.39 is 11.2 Å². The minimum Gasteiger partial charge on any atom is -0.390 e. The Morgan fingerprint density at radius 1 is 1.19 bits per heavy atom. The lowest BCUT2D eigenvalue weighted by molar-refractivity contribution is -0.0354. The van der Waals surface area contributed by atoms with E-state index in [-0.39, 0.29) is 11.8 Å². The summed E-state index contributed by atoms with van der Waals surface area (Å²) in [6.07, 6.45) is 5.06. The zero-order chi connectivity index (χ0) is 15.1. The van der Waals surface area contributed by atoms with Crippen LogP contribution in [0.5, 0.6) is 0 Å². The van der Waals surface area contributed by atoms with Crippen molar-refractivity contribution in [3.05, 3.63) is 48.0 Å². The fourth-order valence-corrected chi connectivity index (χ4v) is 4.44. The second-order valence-electron chi connectivity index (χ2n) is 7.29. The Labute approximate surface area is 127 Å². The Bertz CT molecular complexity index is 520. The first-order valence-electron chi connectivity index (χ1n) is 8.09. The van der Waals surface area contributed by atoms with Gasteiger partial charge in [0.05, 0.1) is 11.2 Å². The monoisotopic (exact) mass is 286 g/mol. The van der Waals surface area contributed by atoms with Gasteiger partial charge in [-0.25, -0.2) is 0 Å². The third-order valence-electron chi connectivity index (χ3n) is 5.65. The highest BCUT2D eigenvalue weighted by molar-refractivity contribution is 5.26. The van der Waals surface area contributed by atoms with Crippen LogP contribution in [0.15, 0.2) is 42.5 Å². The van der Waals surface area contributed by atoms with Gasteiger partial charge >= 0.3 is 0 Å². The first-order valence-corrected chi connectivity index (χ1v) is 8.09. The lowest BCUT2D eigenvalue weighted by Crippen LogP contribution is -2.44. The quantitative estimate of drug-likeness (QED) is 0.817. The molecule has 0 bridgehead atoms. The minimum atomic E-state index is -0.795. The molecule has 0 aliphatic heterocycles. The SMILES string of the molecule is C=C1CC[C@H]2CC[C@](C)(O)C[C@@H](Cc3ccccc3)[C@]12O.